The number of rotatable bonds is 16. The minimum atomic E-state index is -0.550. The van der Waals surface area contributed by atoms with Gasteiger partial charge >= 0.3 is 5.97 Å². The normalized spacial score (nSPS) is 10.6. The van der Waals surface area contributed by atoms with Crippen LogP contribution in [0, 0.1) is 17.8 Å². The fraction of sp³-hybridized carbons (Fsp3) is 0.516. The van der Waals surface area contributed by atoms with Gasteiger partial charge in [-0.2, -0.15) is 0 Å². The predicted octanol–water partition coefficient (Wildman–Crippen LogP) is 8.39. The maximum atomic E-state index is 11.8. The Labute approximate surface area is 207 Å². The van der Waals surface area contributed by atoms with E-state index < -0.39 is 5.97 Å². The van der Waals surface area contributed by atoms with Crippen molar-refractivity contribution in [1.82, 2.24) is 0 Å². The molecule has 0 spiro atoms. The zero-order chi connectivity index (χ0) is 24.3. The van der Waals surface area contributed by atoms with E-state index in [2.05, 4.69) is 31.0 Å². The van der Waals surface area contributed by atoms with E-state index in [0.717, 1.165) is 23.7 Å². The van der Waals surface area contributed by atoms with E-state index in [1.807, 2.05) is 42.5 Å². The van der Waals surface area contributed by atoms with Crippen molar-refractivity contribution in [2.75, 3.05) is 11.9 Å². The van der Waals surface area contributed by atoms with Crippen LogP contribution in [0.1, 0.15) is 96.5 Å². The third kappa shape index (κ3) is 13.7. The lowest BCUT2D eigenvalue weighted by Crippen LogP contribution is -2.04. The second-order valence-corrected chi connectivity index (χ2v) is 9.53. The molecular formula is C31H43NO2. The van der Waals surface area contributed by atoms with E-state index in [-0.39, 0.29) is 0 Å². The number of hydrogen-bond acceptors (Lipinski definition) is 3. The number of hydrogen-bond donors (Lipinski definition) is 1. The first-order chi connectivity index (χ1) is 16.6. The van der Waals surface area contributed by atoms with Crippen LogP contribution in [0.2, 0.25) is 0 Å². The number of benzene rings is 2. The van der Waals surface area contributed by atoms with Gasteiger partial charge in [-0.3, -0.25) is 0 Å². The molecule has 0 aliphatic heterocycles. The van der Waals surface area contributed by atoms with Gasteiger partial charge in [-0.05, 0) is 48.7 Å². The van der Waals surface area contributed by atoms with Crippen molar-refractivity contribution in [1.29, 1.82) is 0 Å². The van der Waals surface area contributed by atoms with Crippen LogP contribution >= 0.6 is 0 Å². The summed E-state index contributed by atoms with van der Waals surface area (Å²) in [5, 5.41) is 3.47. The minimum Gasteiger partial charge on any atom is -0.417 e. The molecule has 0 amide bonds. The first-order valence-corrected chi connectivity index (χ1v) is 13.3. The number of para-hydroxylation sites is 1. The molecule has 0 saturated heterocycles. The molecule has 0 radical (unpaired) electrons. The highest BCUT2D eigenvalue weighted by Crippen LogP contribution is 2.14. The quantitative estimate of drug-likeness (QED) is 0.118. The van der Waals surface area contributed by atoms with E-state index in [1.165, 1.54) is 77.0 Å². The summed E-state index contributed by atoms with van der Waals surface area (Å²) in [6.07, 6.45) is 16.5. The number of nitrogens with one attached hydrogen (secondary N) is 1. The number of anilines is 1. The molecule has 3 heteroatoms. The molecule has 184 valence electrons. The number of unbranched alkanes of at least 4 members (excludes halogenated alkanes) is 10. The predicted molar refractivity (Wildman–Crippen MR) is 144 cm³/mol. The SMILES string of the molecule is CC(C)CCCCCCCCCCCCCNc1ccc(C#CC(=O)Oc2ccccc2)cc1. The smallest absolute Gasteiger partial charge is 0.390 e. The largest absolute Gasteiger partial charge is 0.417 e. The Morgan fingerprint density at radius 1 is 0.765 bits per heavy atom. The van der Waals surface area contributed by atoms with Gasteiger partial charge in [-0.1, -0.05) is 109 Å². The zero-order valence-electron chi connectivity index (χ0n) is 21.3. The highest BCUT2D eigenvalue weighted by molar-refractivity contribution is 5.90. The van der Waals surface area contributed by atoms with Crippen molar-refractivity contribution in [2.45, 2.75) is 90.9 Å². The molecule has 3 nitrogen and oxygen atoms in total. The van der Waals surface area contributed by atoms with Crippen molar-refractivity contribution in [3.05, 3.63) is 60.2 Å². The molecule has 2 aromatic carbocycles. The average molecular weight is 462 g/mol. The van der Waals surface area contributed by atoms with Gasteiger partial charge in [0.15, 0.2) is 0 Å². The zero-order valence-corrected chi connectivity index (χ0v) is 21.3. The van der Waals surface area contributed by atoms with Crippen LogP contribution in [0.15, 0.2) is 54.6 Å². The summed E-state index contributed by atoms with van der Waals surface area (Å²) >= 11 is 0. The Hall–Kier alpha value is -2.73. The molecule has 0 atom stereocenters. The molecule has 1 N–H and O–H groups in total. The minimum absolute atomic E-state index is 0.504. The van der Waals surface area contributed by atoms with Crippen LogP contribution in [0.3, 0.4) is 0 Å². The molecule has 0 heterocycles. The summed E-state index contributed by atoms with van der Waals surface area (Å²) < 4.78 is 5.17. The Morgan fingerprint density at radius 3 is 1.91 bits per heavy atom. The van der Waals surface area contributed by atoms with Crippen molar-refractivity contribution in [3.63, 3.8) is 0 Å². The molecule has 0 saturated carbocycles. The summed E-state index contributed by atoms with van der Waals surface area (Å²) in [6, 6.07) is 16.8. The third-order valence-electron chi connectivity index (χ3n) is 5.93. The topological polar surface area (TPSA) is 38.3 Å². The lowest BCUT2D eigenvalue weighted by Gasteiger charge is -2.07. The molecular weight excluding hydrogens is 418 g/mol. The fourth-order valence-electron chi connectivity index (χ4n) is 3.92. The summed E-state index contributed by atoms with van der Waals surface area (Å²) in [5.41, 5.74) is 1.89. The summed E-state index contributed by atoms with van der Waals surface area (Å²) in [6.45, 7) is 5.63. The molecule has 2 rings (SSSR count). The Morgan fingerprint density at radius 2 is 1.32 bits per heavy atom. The molecule has 0 aliphatic rings. The molecule has 0 aliphatic carbocycles. The first kappa shape index (κ1) is 27.5. The van der Waals surface area contributed by atoms with E-state index in [4.69, 9.17) is 4.74 Å². The standard InChI is InChI=1S/C31H43NO2/c1-27(2)17-13-10-8-6-4-3-5-7-9-11-16-26-32-29-23-20-28(21-24-29)22-25-31(33)34-30-18-14-12-15-19-30/h12,14-15,18-21,23-24,27,32H,3-11,13,16-17,26H2,1-2H3. The second kappa shape index (κ2) is 17.7. The van der Waals surface area contributed by atoms with Crippen LogP contribution in [-0.4, -0.2) is 12.5 Å². The van der Waals surface area contributed by atoms with Crippen LogP contribution < -0.4 is 10.1 Å². The molecule has 0 fully saturated rings. The maximum absolute atomic E-state index is 11.8. The molecule has 0 unspecified atom stereocenters. The Kier molecular flexibility index (Phi) is 14.3. The number of carbonyl (C=O) groups excluding carboxylic acids is 1. The van der Waals surface area contributed by atoms with Gasteiger partial charge in [0.2, 0.25) is 0 Å². The average Bonchev–Trinajstić information content (AvgIpc) is 2.84. The van der Waals surface area contributed by atoms with Crippen molar-refractivity contribution in [2.24, 2.45) is 5.92 Å². The monoisotopic (exact) mass is 461 g/mol. The fourth-order valence-corrected chi connectivity index (χ4v) is 3.92. The molecule has 34 heavy (non-hydrogen) atoms. The lowest BCUT2D eigenvalue weighted by molar-refractivity contribution is -0.128. The molecule has 0 bridgehead atoms. The highest BCUT2D eigenvalue weighted by Gasteiger charge is 2.00. The van der Waals surface area contributed by atoms with Gasteiger partial charge in [0.1, 0.15) is 5.75 Å². The van der Waals surface area contributed by atoms with Gasteiger partial charge in [-0.15, -0.1) is 0 Å². The third-order valence-corrected chi connectivity index (χ3v) is 5.93. The van der Waals surface area contributed by atoms with Crippen LogP contribution in [0.25, 0.3) is 0 Å². The van der Waals surface area contributed by atoms with Gasteiger partial charge in [-0.25, -0.2) is 4.79 Å². The lowest BCUT2D eigenvalue weighted by atomic mass is 10.0. The van der Waals surface area contributed by atoms with Crippen LogP contribution in [0.5, 0.6) is 5.75 Å². The summed E-state index contributed by atoms with van der Waals surface area (Å²) in [5.74, 6) is 6.21. The molecule has 2 aromatic rings. The Bertz CT molecular complexity index is 846. The van der Waals surface area contributed by atoms with Gasteiger partial charge in [0, 0.05) is 23.7 Å². The van der Waals surface area contributed by atoms with E-state index in [9.17, 15) is 4.79 Å². The summed E-state index contributed by atoms with van der Waals surface area (Å²) in [4.78, 5) is 11.8. The van der Waals surface area contributed by atoms with E-state index >= 15 is 0 Å². The van der Waals surface area contributed by atoms with E-state index in [0.29, 0.717) is 5.75 Å². The van der Waals surface area contributed by atoms with Gasteiger partial charge < -0.3 is 10.1 Å². The molecule has 0 aromatic heterocycles. The van der Waals surface area contributed by atoms with Crippen molar-refractivity contribution >= 4 is 11.7 Å². The van der Waals surface area contributed by atoms with Crippen molar-refractivity contribution < 1.29 is 9.53 Å². The van der Waals surface area contributed by atoms with Gasteiger partial charge in [0.05, 0.1) is 0 Å². The van der Waals surface area contributed by atoms with Crippen LogP contribution in [0.4, 0.5) is 5.69 Å². The number of esters is 1. The van der Waals surface area contributed by atoms with Crippen molar-refractivity contribution in [3.8, 4) is 17.6 Å². The van der Waals surface area contributed by atoms with Crippen LogP contribution in [-0.2, 0) is 4.79 Å². The maximum Gasteiger partial charge on any atom is 0.390 e. The highest BCUT2D eigenvalue weighted by atomic mass is 16.5. The van der Waals surface area contributed by atoms with Gasteiger partial charge in [0.25, 0.3) is 0 Å². The van der Waals surface area contributed by atoms with E-state index in [1.54, 1.807) is 12.1 Å². The number of carbonyl (C=O) groups is 1. The second-order valence-electron chi connectivity index (χ2n) is 9.53. The first-order valence-electron chi connectivity index (χ1n) is 13.3. The Balaban J connectivity index is 1.46. The number of ether oxygens (including phenoxy) is 1. The summed E-state index contributed by atoms with van der Waals surface area (Å²) in [7, 11) is 0.